The molecule has 0 amide bonds. The van der Waals surface area contributed by atoms with Crippen molar-refractivity contribution < 1.29 is 22.8 Å². The highest BCUT2D eigenvalue weighted by atomic mass is 15.3. The molecular weight excluding hydrogens is 1750 g/mol. The SMILES string of the molecule is Cc1ccccc1-n1c(C)c2[n+](c1C(C)(C)C)-c1ccccc1C2(C)C.Cc1ccccc1-n1c(C)c2[n+](c1C(C)(C)C)-c1ccccc1C2(C)C.Cc1ccccc1-n1c(C)c2[n+](c1C(C)(C)C)-c1ccccc1C2(C)C1CCCC1.Cc1ccccc1-n1c(C)c2[n+](c1C(C)(C)C)-c1ccccc1C2(C)C1CCCCC1.Cc1ccccc1-n1c(C)c2[n+](c1C(C)(C)C)-c1ccccc1C2(C)c1ccccc1. The number of imidazole rings is 5. The first-order valence-corrected chi connectivity index (χ1v) is 53.9. The van der Waals surface area contributed by atoms with Gasteiger partial charge in [0.2, 0.25) is 0 Å². The van der Waals surface area contributed by atoms with Crippen LogP contribution in [-0.4, -0.2) is 22.8 Å². The molecule has 10 nitrogen and oxygen atoms in total. The molecule has 5 aliphatic heterocycles. The summed E-state index contributed by atoms with van der Waals surface area (Å²) in [5.74, 6) is 8.21. The second kappa shape index (κ2) is 36.3. The predicted octanol–water partition coefficient (Wildman–Crippen LogP) is 30.3. The van der Waals surface area contributed by atoms with Crippen molar-refractivity contribution in [2.45, 2.75) is 333 Å². The third-order valence-electron chi connectivity index (χ3n) is 34.1. The van der Waals surface area contributed by atoms with Gasteiger partial charge in [-0.3, -0.25) is 0 Å². The smallest absolute Gasteiger partial charge is 0.196 e. The van der Waals surface area contributed by atoms with Crippen molar-refractivity contribution in [1.82, 2.24) is 22.8 Å². The van der Waals surface area contributed by atoms with Gasteiger partial charge in [0.25, 0.3) is 29.1 Å². The Morgan fingerprint density at radius 3 is 0.694 bits per heavy atom. The summed E-state index contributed by atoms with van der Waals surface area (Å²) < 4.78 is 25.5. The molecule has 0 N–H and O–H groups in total. The van der Waals surface area contributed by atoms with Crippen LogP contribution in [0, 0.1) is 81.1 Å². The van der Waals surface area contributed by atoms with E-state index < -0.39 is 0 Å². The topological polar surface area (TPSA) is 44.0 Å². The molecule has 11 aromatic carbocycles. The van der Waals surface area contributed by atoms with Gasteiger partial charge < -0.3 is 0 Å². The monoisotopic (exact) mass is 1910 g/mol. The van der Waals surface area contributed by atoms with Gasteiger partial charge in [-0.05, 0) is 319 Å². The number of benzene rings is 11. The van der Waals surface area contributed by atoms with Crippen molar-refractivity contribution in [3.8, 4) is 56.9 Å². The molecule has 2 saturated carbocycles. The summed E-state index contributed by atoms with van der Waals surface area (Å²) in [6.45, 7) is 74.6. The lowest BCUT2D eigenvalue weighted by molar-refractivity contribution is -0.612. The van der Waals surface area contributed by atoms with E-state index in [0.29, 0.717) is 11.8 Å². The fraction of sp³-hybridized carbons (Fsp3) is 0.396. The van der Waals surface area contributed by atoms with E-state index in [9.17, 15) is 0 Å². The van der Waals surface area contributed by atoms with Gasteiger partial charge in [0.15, 0.2) is 34.2 Å². The Balaban J connectivity index is 0.000000114. The fourth-order valence-corrected chi connectivity index (χ4v) is 27.9. The van der Waals surface area contributed by atoms with Crippen molar-refractivity contribution in [1.29, 1.82) is 0 Å². The van der Waals surface area contributed by atoms with Crippen LogP contribution in [0.5, 0.6) is 0 Å². The van der Waals surface area contributed by atoms with E-state index in [4.69, 9.17) is 0 Å². The van der Waals surface area contributed by atoms with Crippen LogP contribution in [0.25, 0.3) is 56.9 Å². The third kappa shape index (κ3) is 15.7. The zero-order valence-corrected chi connectivity index (χ0v) is 93.0. The molecule has 2 aliphatic carbocycles. The third-order valence-corrected chi connectivity index (χ3v) is 34.1. The van der Waals surface area contributed by atoms with Gasteiger partial charge >= 0.3 is 0 Å². The van der Waals surface area contributed by atoms with E-state index in [1.54, 1.807) is 0 Å². The predicted molar refractivity (Wildman–Crippen MR) is 595 cm³/mol. The van der Waals surface area contributed by atoms with Crippen molar-refractivity contribution in [2.75, 3.05) is 0 Å². The van der Waals surface area contributed by atoms with Crippen LogP contribution in [0.2, 0.25) is 0 Å². The maximum Gasteiger partial charge on any atom is 0.272 e. The van der Waals surface area contributed by atoms with Crippen LogP contribution in [0.15, 0.2) is 273 Å². The lowest BCUT2D eigenvalue weighted by atomic mass is 9.65. The molecule has 10 heterocycles. The molecule has 742 valence electrons. The van der Waals surface area contributed by atoms with Crippen molar-refractivity contribution in [3.63, 3.8) is 0 Å². The molecule has 0 radical (unpaired) electrons. The van der Waals surface area contributed by atoms with Crippen LogP contribution < -0.4 is 22.8 Å². The first kappa shape index (κ1) is 100. The zero-order valence-electron chi connectivity index (χ0n) is 93.0. The van der Waals surface area contributed by atoms with E-state index in [1.807, 2.05) is 0 Å². The Kier molecular flexibility index (Phi) is 25.2. The Morgan fingerprint density at radius 2 is 0.417 bits per heavy atom. The van der Waals surface area contributed by atoms with Crippen LogP contribution in [0.3, 0.4) is 0 Å². The van der Waals surface area contributed by atoms with Gasteiger partial charge in [-0.25, -0.2) is 0 Å². The fourth-order valence-electron chi connectivity index (χ4n) is 27.9. The van der Waals surface area contributed by atoms with Gasteiger partial charge in [0.1, 0.15) is 79.6 Å². The van der Waals surface area contributed by atoms with Gasteiger partial charge in [-0.1, -0.05) is 244 Å². The average molecular weight is 1910 g/mol. The van der Waals surface area contributed by atoms with E-state index in [-0.39, 0.29) is 54.1 Å². The van der Waals surface area contributed by atoms with Gasteiger partial charge in [0.05, 0.1) is 54.1 Å². The van der Waals surface area contributed by atoms with E-state index in [0.717, 1.165) is 0 Å². The number of hydrogen-bond acceptors (Lipinski definition) is 0. The molecule has 7 aliphatic rings. The quantitative estimate of drug-likeness (QED) is 0.136. The highest BCUT2D eigenvalue weighted by Gasteiger charge is 2.61. The summed E-state index contributed by atoms with van der Waals surface area (Å²) in [6, 6.07) is 99.9. The van der Waals surface area contributed by atoms with E-state index >= 15 is 0 Å². The number of hydrogen-bond donors (Lipinski definition) is 0. The lowest BCUT2D eigenvalue weighted by Gasteiger charge is -2.36. The number of fused-ring (bicyclic) bond motifs is 15. The molecule has 144 heavy (non-hydrogen) atoms. The number of rotatable bonds is 8. The van der Waals surface area contributed by atoms with E-state index in [1.165, 1.54) is 262 Å². The first-order valence-electron chi connectivity index (χ1n) is 53.9. The summed E-state index contributed by atoms with van der Waals surface area (Å²) in [4.78, 5) is 0. The average Bonchev–Trinajstić information content (AvgIpc) is 1.53. The van der Waals surface area contributed by atoms with Crippen LogP contribution in [-0.2, 0) is 54.1 Å². The Bertz CT molecular complexity index is 7500. The van der Waals surface area contributed by atoms with Gasteiger partial charge in [-0.15, -0.1) is 0 Å². The molecule has 2 fully saturated rings. The highest BCUT2D eigenvalue weighted by molar-refractivity contribution is 5.63. The Hall–Kier alpha value is -12.5. The lowest BCUT2D eigenvalue weighted by Crippen LogP contribution is -2.43. The molecule has 3 atom stereocenters. The van der Waals surface area contributed by atoms with E-state index in [2.05, 4.69) is 540 Å². The number of aromatic nitrogens is 10. The normalized spacial score (nSPS) is 18.2. The number of nitrogens with zero attached hydrogens (tertiary/aromatic N) is 10. The van der Waals surface area contributed by atoms with Crippen molar-refractivity contribution in [3.05, 3.63) is 420 Å². The van der Waals surface area contributed by atoms with Crippen molar-refractivity contribution in [2.24, 2.45) is 11.8 Å². The first-order chi connectivity index (χ1) is 68.1. The largest absolute Gasteiger partial charge is 0.272 e. The summed E-state index contributed by atoms with van der Waals surface area (Å²) in [5, 5.41) is 0. The number of aryl methyl sites for hydroxylation is 5. The molecule has 16 aromatic rings. The molecule has 23 rings (SSSR count). The second-order valence-corrected chi connectivity index (χ2v) is 49.9. The summed E-state index contributed by atoms with van der Waals surface area (Å²) in [6.07, 6.45) is 12.2. The molecule has 10 heteroatoms. The zero-order chi connectivity index (χ0) is 103. The molecule has 5 aromatic heterocycles. The summed E-state index contributed by atoms with van der Waals surface area (Å²) >= 11 is 0. The minimum Gasteiger partial charge on any atom is -0.196 e. The molecule has 0 spiro atoms. The number of para-hydroxylation sites is 10. The highest BCUT2D eigenvalue weighted by Crippen LogP contribution is 2.57. The maximum absolute atomic E-state index is 2.64. The Morgan fingerprint density at radius 1 is 0.215 bits per heavy atom. The molecular formula is C134H161N10+5. The summed E-state index contributed by atoms with van der Waals surface area (Å²) in [7, 11) is 0. The van der Waals surface area contributed by atoms with Crippen LogP contribution in [0.4, 0.5) is 0 Å². The van der Waals surface area contributed by atoms with Gasteiger partial charge in [-0.2, -0.15) is 45.7 Å². The standard InChI is InChI=1S/C29H37N2.C29H31N2.C28H35N2.2C24H29N2/c2*1-20-14-10-12-18-24(20)30-21(2)26-29(6,22-15-8-7-9-16-22)23-17-11-13-19-25(23)31(26)27(30)28(3,4)5;1-19-13-7-11-17-23(19)29-20(2)25-28(6,21-14-8-9-15-21)22-16-10-12-18-24(22)30(25)26(29)27(3,4)5;2*1-16-12-8-10-14-19(16)25-17(2)21-24(6,7)18-13-9-11-15-20(18)26(21)22(25)23(3,4)5/h10-14,17-19,22H,7-9,15-16H2,1-6H3;7-19H,1-6H3;7,10-13,16-18,21H,8-9,14-15H2,1-6H3;2*8-15H,1-7H3/q5*+1. The second-order valence-electron chi connectivity index (χ2n) is 49.9. The molecule has 0 saturated heterocycles. The van der Waals surface area contributed by atoms with Gasteiger partial charge in [0, 0.05) is 62.4 Å². The summed E-state index contributed by atoms with van der Waals surface area (Å²) in [5.41, 5.74) is 42.3. The molecule has 0 bridgehead atoms. The van der Waals surface area contributed by atoms with Crippen LogP contribution >= 0.6 is 0 Å². The van der Waals surface area contributed by atoms with Crippen LogP contribution in [0.1, 0.15) is 357 Å². The Labute approximate surface area is 862 Å². The minimum absolute atomic E-state index is 0.00535. The minimum atomic E-state index is -0.212. The molecule has 3 unspecified atom stereocenters. The van der Waals surface area contributed by atoms with Crippen molar-refractivity contribution >= 4 is 0 Å². The maximum atomic E-state index is 2.64.